The second-order valence-corrected chi connectivity index (χ2v) is 7.94. The van der Waals surface area contributed by atoms with Gasteiger partial charge in [-0.3, -0.25) is 4.79 Å². The lowest BCUT2D eigenvalue weighted by atomic mass is 10.1. The number of hydrogen-bond donors (Lipinski definition) is 2. The molecule has 0 heterocycles. The molecule has 0 atom stereocenters. The Balaban J connectivity index is 1.59. The summed E-state index contributed by atoms with van der Waals surface area (Å²) < 4.78 is 11.1. The highest BCUT2D eigenvalue weighted by Crippen LogP contribution is 2.29. The van der Waals surface area contributed by atoms with Crippen LogP contribution >= 0.6 is 23.2 Å². The molecule has 7 heteroatoms. The minimum Gasteiger partial charge on any atom is -0.493 e. The summed E-state index contributed by atoms with van der Waals surface area (Å²) in [6, 6.07) is 16.8. The number of carbonyl (C=O) groups excluding carboxylic acids is 1. The van der Waals surface area contributed by atoms with Crippen molar-refractivity contribution in [1.82, 2.24) is 0 Å². The van der Waals surface area contributed by atoms with Crippen molar-refractivity contribution >= 4 is 40.5 Å². The Morgan fingerprint density at radius 3 is 2.45 bits per heavy atom. The Hall–Kier alpha value is -2.89. The van der Waals surface area contributed by atoms with Crippen molar-refractivity contribution < 1.29 is 14.3 Å². The maximum absolute atomic E-state index is 12.3. The average Bonchev–Trinajstić information content (AvgIpc) is 2.75. The van der Waals surface area contributed by atoms with E-state index >= 15 is 0 Å². The molecule has 0 fully saturated rings. The number of aryl methyl sites for hydroxylation is 2. The molecule has 0 radical (unpaired) electrons. The van der Waals surface area contributed by atoms with Crippen molar-refractivity contribution in [3.05, 3.63) is 81.3 Å². The zero-order valence-corrected chi connectivity index (χ0v) is 19.1. The summed E-state index contributed by atoms with van der Waals surface area (Å²) in [5.41, 5.74) is 4.76. The minimum atomic E-state index is -0.237. The van der Waals surface area contributed by atoms with Crippen LogP contribution in [0.5, 0.6) is 11.5 Å². The van der Waals surface area contributed by atoms with E-state index < -0.39 is 0 Å². The van der Waals surface area contributed by atoms with Gasteiger partial charge in [0.15, 0.2) is 18.1 Å². The molecule has 0 aromatic heterocycles. The summed E-state index contributed by atoms with van der Waals surface area (Å²) in [5, 5.41) is 7.16. The number of amides is 1. The van der Waals surface area contributed by atoms with Crippen LogP contribution in [0.4, 0.5) is 11.4 Å². The van der Waals surface area contributed by atoms with E-state index in [2.05, 4.69) is 10.6 Å². The zero-order valence-electron chi connectivity index (χ0n) is 17.6. The van der Waals surface area contributed by atoms with E-state index in [1.54, 1.807) is 25.3 Å². The number of hydrogen-bond acceptors (Lipinski definition) is 4. The predicted octanol–water partition coefficient (Wildman–Crippen LogP) is 6.25. The molecule has 1 amide bonds. The molecule has 0 aliphatic heterocycles. The Morgan fingerprint density at radius 1 is 0.935 bits per heavy atom. The number of anilines is 2. The van der Waals surface area contributed by atoms with Gasteiger partial charge in [0.25, 0.3) is 5.91 Å². The first-order valence-electron chi connectivity index (χ1n) is 9.71. The van der Waals surface area contributed by atoms with Crippen LogP contribution in [0.1, 0.15) is 16.7 Å². The maximum Gasteiger partial charge on any atom is 0.262 e. The third-order valence-corrected chi connectivity index (χ3v) is 5.40. The summed E-state index contributed by atoms with van der Waals surface area (Å²) in [5.74, 6) is 0.809. The molecule has 0 aliphatic rings. The minimum absolute atomic E-state index is 0.120. The maximum atomic E-state index is 12.3. The largest absolute Gasteiger partial charge is 0.493 e. The zero-order chi connectivity index (χ0) is 22.4. The van der Waals surface area contributed by atoms with Crippen molar-refractivity contribution in [2.24, 2.45) is 0 Å². The second-order valence-electron chi connectivity index (χ2n) is 7.12. The number of benzene rings is 3. The molecule has 3 rings (SSSR count). The van der Waals surface area contributed by atoms with E-state index in [0.717, 1.165) is 28.1 Å². The van der Waals surface area contributed by atoms with Gasteiger partial charge >= 0.3 is 0 Å². The number of ether oxygens (including phenoxy) is 2. The van der Waals surface area contributed by atoms with Gasteiger partial charge in [-0.05, 0) is 61.4 Å². The van der Waals surface area contributed by atoms with Gasteiger partial charge in [0, 0.05) is 17.9 Å². The SMILES string of the molecule is COc1cc(CNc2ccc(Cl)c(Cl)c2)ccc1OCC(=O)Nc1ccc(C)cc1C. The third kappa shape index (κ3) is 6.29. The van der Waals surface area contributed by atoms with Gasteiger partial charge in [-0.25, -0.2) is 0 Å². The predicted molar refractivity (Wildman–Crippen MR) is 127 cm³/mol. The van der Waals surface area contributed by atoms with Crippen LogP contribution in [0.3, 0.4) is 0 Å². The number of carbonyl (C=O) groups is 1. The lowest BCUT2D eigenvalue weighted by Gasteiger charge is -2.14. The summed E-state index contributed by atoms with van der Waals surface area (Å²) in [7, 11) is 1.56. The van der Waals surface area contributed by atoms with E-state index in [1.807, 2.05) is 50.2 Å². The molecule has 5 nitrogen and oxygen atoms in total. The van der Waals surface area contributed by atoms with Gasteiger partial charge in [0.05, 0.1) is 17.2 Å². The van der Waals surface area contributed by atoms with Crippen molar-refractivity contribution in [1.29, 1.82) is 0 Å². The fraction of sp³-hybridized carbons (Fsp3) is 0.208. The molecule has 0 saturated heterocycles. The number of nitrogens with one attached hydrogen (secondary N) is 2. The molecule has 3 aromatic carbocycles. The Morgan fingerprint density at radius 2 is 1.74 bits per heavy atom. The summed E-state index contributed by atoms with van der Waals surface area (Å²) in [4.78, 5) is 12.3. The van der Waals surface area contributed by atoms with Crippen LogP contribution in [0.15, 0.2) is 54.6 Å². The van der Waals surface area contributed by atoms with Gasteiger partial charge in [0.2, 0.25) is 0 Å². The normalized spacial score (nSPS) is 10.5. The molecular weight excluding hydrogens is 435 g/mol. The standard InChI is InChI=1S/C24H24Cl2N2O3/c1-15-4-8-21(16(2)10-15)28-24(29)14-31-22-9-5-17(11-23(22)30-3)13-27-18-6-7-19(25)20(26)12-18/h4-12,27H,13-14H2,1-3H3,(H,28,29). The quantitative estimate of drug-likeness (QED) is 0.418. The molecule has 0 aliphatic carbocycles. The second kappa shape index (κ2) is 10.4. The van der Waals surface area contributed by atoms with E-state index in [4.69, 9.17) is 32.7 Å². The molecular formula is C24H24Cl2N2O3. The highest BCUT2D eigenvalue weighted by molar-refractivity contribution is 6.42. The fourth-order valence-electron chi connectivity index (χ4n) is 3.03. The van der Waals surface area contributed by atoms with Crippen LogP contribution in [0.25, 0.3) is 0 Å². The third-order valence-electron chi connectivity index (χ3n) is 4.66. The molecule has 0 spiro atoms. The van der Waals surface area contributed by atoms with Crippen LogP contribution in [0, 0.1) is 13.8 Å². The first kappa shape index (κ1) is 22.8. The summed E-state index contributed by atoms with van der Waals surface area (Å²) in [6.07, 6.45) is 0. The first-order valence-corrected chi connectivity index (χ1v) is 10.5. The van der Waals surface area contributed by atoms with Crippen LogP contribution in [-0.4, -0.2) is 19.6 Å². The molecule has 2 N–H and O–H groups in total. The Kier molecular flexibility index (Phi) is 7.66. The molecule has 162 valence electrons. The van der Waals surface area contributed by atoms with Gasteiger partial charge in [-0.1, -0.05) is 47.0 Å². The van der Waals surface area contributed by atoms with Crippen molar-refractivity contribution in [3.63, 3.8) is 0 Å². The highest BCUT2D eigenvalue weighted by atomic mass is 35.5. The fourth-order valence-corrected chi connectivity index (χ4v) is 3.33. The van der Waals surface area contributed by atoms with Crippen LogP contribution in [-0.2, 0) is 11.3 Å². The number of rotatable bonds is 8. The Bertz CT molecular complexity index is 1090. The monoisotopic (exact) mass is 458 g/mol. The van der Waals surface area contributed by atoms with Crippen LogP contribution < -0.4 is 20.1 Å². The smallest absolute Gasteiger partial charge is 0.262 e. The highest BCUT2D eigenvalue weighted by Gasteiger charge is 2.10. The van der Waals surface area contributed by atoms with Crippen molar-refractivity contribution in [2.75, 3.05) is 24.4 Å². The van der Waals surface area contributed by atoms with Gasteiger partial charge in [-0.15, -0.1) is 0 Å². The average molecular weight is 459 g/mol. The van der Waals surface area contributed by atoms with E-state index in [9.17, 15) is 4.79 Å². The lowest BCUT2D eigenvalue weighted by Crippen LogP contribution is -2.20. The topological polar surface area (TPSA) is 59.6 Å². The molecule has 3 aromatic rings. The summed E-state index contributed by atoms with van der Waals surface area (Å²) in [6.45, 7) is 4.40. The molecule has 31 heavy (non-hydrogen) atoms. The lowest BCUT2D eigenvalue weighted by molar-refractivity contribution is -0.118. The molecule has 0 bridgehead atoms. The van der Waals surface area contributed by atoms with E-state index in [-0.39, 0.29) is 12.5 Å². The van der Waals surface area contributed by atoms with E-state index in [0.29, 0.717) is 28.1 Å². The van der Waals surface area contributed by atoms with E-state index in [1.165, 1.54) is 0 Å². The van der Waals surface area contributed by atoms with Gasteiger partial charge in [0.1, 0.15) is 0 Å². The van der Waals surface area contributed by atoms with Gasteiger partial charge in [-0.2, -0.15) is 0 Å². The number of halogens is 2. The Labute approximate surface area is 192 Å². The van der Waals surface area contributed by atoms with Gasteiger partial charge < -0.3 is 20.1 Å². The van der Waals surface area contributed by atoms with Crippen molar-refractivity contribution in [2.45, 2.75) is 20.4 Å². The first-order chi connectivity index (χ1) is 14.9. The molecule has 0 saturated carbocycles. The van der Waals surface area contributed by atoms with Crippen molar-refractivity contribution in [3.8, 4) is 11.5 Å². The molecule has 0 unspecified atom stereocenters. The summed E-state index contributed by atoms with van der Waals surface area (Å²) >= 11 is 12.0. The van der Waals surface area contributed by atoms with Crippen LogP contribution in [0.2, 0.25) is 10.0 Å². The number of methoxy groups -OCH3 is 1.